The van der Waals surface area contributed by atoms with Gasteiger partial charge in [-0.3, -0.25) is 0 Å². The molecule has 0 aromatic heterocycles. The van der Waals surface area contributed by atoms with Crippen molar-refractivity contribution in [2.45, 2.75) is 31.6 Å². The smallest absolute Gasteiger partial charge is 0.165 e. The third-order valence-electron chi connectivity index (χ3n) is 5.08. The van der Waals surface area contributed by atoms with Crippen molar-refractivity contribution < 1.29 is 18.3 Å². The lowest BCUT2D eigenvalue weighted by molar-refractivity contribution is 0.00550. The van der Waals surface area contributed by atoms with Gasteiger partial charge < -0.3 is 9.47 Å². The lowest BCUT2D eigenvalue weighted by Gasteiger charge is -2.49. The highest BCUT2D eigenvalue weighted by Crippen LogP contribution is 2.53. The van der Waals surface area contributed by atoms with E-state index >= 15 is 0 Å². The first-order valence-electron chi connectivity index (χ1n) is 7.18. The van der Waals surface area contributed by atoms with Crippen LogP contribution in [0.2, 0.25) is 0 Å². The van der Waals surface area contributed by atoms with Gasteiger partial charge in [-0.2, -0.15) is 0 Å². The molecule has 1 aromatic carbocycles. The number of fused-ring (bicyclic) bond motifs is 3. The Labute approximate surface area is 118 Å². The van der Waals surface area contributed by atoms with Crippen LogP contribution in [0.15, 0.2) is 12.1 Å². The van der Waals surface area contributed by atoms with E-state index in [-0.39, 0.29) is 22.9 Å². The third kappa shape index (κ3) is 1.93. The van der Waals surface area contributed by atoms with Crippen molar-refractivity contribution in [2.24, 2.45) is 11.8 Å². The van der Waals surface area contributed by atoms with Crippen molar-refractivity contribution in [3.05, 3.63) is 29.3 Å². The predicted octanol–water partition coefficient (Wildman–Crippen LogP) is 3.68. The number of methoxy groups -OCH3 is 1. The molecular weight excluding hydrogens is 262 g/mol. The number of rotatable bonds is 2. The molecule has 1 heterocycles. The number of halogens is 2. The van der Waals surface area contributed by atoms with Gasteiger partial charge in [-0.1, -0.05) is 13.3 Å². The molecule has 2 aliphatic rings. The summed E-state index contributed by atoms with van der Waals surface area (Å²) in [6.07, 6.45) is 2.94. The van der Waals surface area contributed by atoms with Crippen molar-refractivity contribution in [3.8, 4) is 5.75 Å². The quantitative estimate of drug-likeness (QED) is 0.824. The first-order valence-corrected chi connectivity index (χ1v) is 7.18. The highest BCUT2D eigenvalue weighted by molar-refractivity contribution is 5.44. The van der Waals surface area contributed by atoms with Crippen molar-refractivity contribution >= 4 is 0 Å². The number of ether oxygens (including phenoxy) is 2. The molecule has 110 valence electrons. The lowest BCUT2D eigenvalue weighted by atomic mass is 9.59. The minimum Gasteiger partial charge on any atom is -0.490 e. The van der Waals surface area contributed by atoms with Crippen molar-refractivity contribution in [2.75, 3.05) is 20.3 Å². The van der Waals surface area contributed by atoms with Crippen LogP contribution >= 0.6 is 0 Å². The van der Waals surface area contributed by atoms with Gasteiger partial charge in [0, 0.05) is 30.6 Å². The van der Waals surface area contributed by atoms with Gasteiger partial charge in [0.2, 0.25) is 0 Å². The summed E-state index contributed by atoms with van der Waals surface area (Å²) < 4.78 is 39.1. The fourth-order valence-corrected chi connectivity index (χ4v) is 4.06. The summed E-state index contributed by atoms with van der Waals surface area (Å²) in [5.74, 6) is -0.182. The Morgan fingerprint density at radius 1 is 1.35 bits per heavy atom. The second-order valence-electron chi connectivity index (χ2n) is 6.18. The van der Waals surface area contributed by atoms with E-state index in [0.717, 1.165) is 25.3 Å². The SMILES string of the molecule is COC[C@@H]1CCC[C@@]2(C)c3c(F)ccc(F)c3OC[C@@H]12. The summed E-state index contributed by atoms with van der Waals surface area (Å²) >= 11 is 0. The molecule has 0 bridgehead atoms. The normalized spacial score (nSPS) is 32.2. The molecule has 3 atom stereocenters. The summed E-state index contributed by atoms with van der Waals surface area (Å²) in [7, 11) is 1.68. The summed E-state index contributed by atoms with van der Waals surface area (Å²) in [6, 6.07) is 2.36. The van der Waals surface area contributed by atoms with Crippen LogP contribution in [0.3, 0.4) is 0 Å². The summed E-state index contributed by atoms with van der Waals surface area (Å²) in [5, 5.41) is 0. The summed E-state index contributed by atoms with van der Waals surface area (Å²) in [6.45, 7) is 3.14. The van der Waals surface area contributed by atoms with E-state index in [0.29, 0.717) is 24.7 Å². The lowest BCUT2D eigenvalue weighted by Crippen LogP contribution is -2.48. The molecule has 0 radical (unpaired) electrons. The largest absolute Gasteiger partial charge is 0.490 e. The van der Waals surface area contributed by atoms with E-state index in [1.54, 1.807) is 7.11 Å². The third-order valence-corrected chi connectivity index (χ3v) is 5.08. The highest BCUT2D eigenvalue weighted by Gasteiger charge is 2.49. The zero-order chi connectivity index (χ0) is 14.3. The van der Waals surface area contributed by atoms with Gasteiger partial charge in [-0.15, -0.1) is 0 Å². The van der Waals surface area contributed by atoms with Gasteiger partial charge in [0.25, 0.3) is 0 Å². The van der Waals surface area contributed by atoms with Gasteiger partial charge in [0.15, 0.2) is 11.6 Å². The van der Waals surface area contributed by atoms with Crippen LogP contribution in [0, 0.1) is 23.5 Å². The molecule has 1 aromatic rings. The number of benzene rings is 1. The Hall–Kier alpha value is -1.16. The summed E-state index contributed by atoms with van der Waals surface area (Å²) in [4.78, 5) is 0. The molecule has 1 aliphatic carbocycles. The number of hydrogen-bond donors (Lipinski definition) is 0. The molecule has 1 saturated carbocycles. The molecule has 0 amide bonds. The van der Waals surface area contributed by atoms with Crippen molar-refractivity contribution in [3.63, 3.8) is 0 Å². The minimum absolute atomic E-state index is 0.113. The van der Waals surface area contributed by atoms with Crippen LogP contribution in [-0.4, -0.2) is 20.3 Å². The Morgan fingerprint density at radius 2 is 2.10 bits per heavy atom. The average molecular weight is 282 g/mol. The summed E-state index contributed by atoms with van der Waals surface area (Å²) in [5.41, 5.74) is 0.0656. The van der Waals surface area contributed by atoms with E-state index in [9.17, 15) is 8.78 Å². The fraction of sp³-hybridized carbons (Fsp3) is 0.625. The molecule has 20 heavy (non-hydrogen) atoms. The van der Waals surface area contributed by atoms with Gasteiger partial charge in [-0.25, -0.2) is 8.78 Å². The maximum Gasteiger partial charge on any atom is 0.165 e. The standard InChI is InChI=1S/C16H20F2O2/c1-16-7-3-4-10(8-19-2)11(16)9-20-15-13(18)6-5-12(17)14(15)16/h5-6,10-11H,3-4,7-9H2,1-2H3/t10-,11-,16+/m0/s1. The topological polar surface area (TPSA) is 18.5 Å². The molecule has 4 heteroatoms. The van der Waals surface area contributed by atoms with E-state index in [1.165, 1.54) is 6.07 Å². The van der Waals surface area contributed by atoms with E-state index < -0.39 is 5.82 Å². The first kappa shape index (κ1) is 13.8. The van der Waals surface area contributed by atoms with Crippen LogP contribution in [0.4, 0.5) is 8.78 Å². The second kappa shape index (κ2) is 4.99. The van der Waals surface area contributed by atoms with Gasteiger partial charge in [0.05, 0.1) is 6.61 Å². The maximum absolute atomic E-state index is 14.3. The molecule has 2 nitrogen and oxygen atoms in total. The van der Waals surface area contributed by atoms with Crippen LogP contribution in [0.5, 0.6) is 5.75 Å². The molecule has 0 spiro atoms. The molecule has 0 unspecified atom stereocenters. The zero-order valence-corrected chi connectivity index (χ0v) is 11.9. The Morgan fingerprint density at radius 3 is 2.85 bits per heavy atom. The van der Waals surface area contributed by atoms with Crippen molar-refractivity contribution in [1.29, 1.82) is 0 Å². The average Bonchev–Trinajstić information content (AvgIpc) is 2.42. The monoisotopic (exact) mass is 282 g/mol. The maximum atomic E-state index is 14.3. The van der Waals surface area contributed by atoms with Gasteiger partial charge in [-0.05, 0) is 30.9 Å². The molecule has 1 aliphatic heterocycles. The second-order valence-corrected chi connectivity index (χ2v) is 6.18. The fourth-order valence-electron chi connectivity index (χ4n) is 4.06. The highest BCUT2D eigenvalue weighted by atomic mass is 19.1. The Balaban J connectivity index is 2.08. The first-order chi connectivity index (χ1) is 9.58. The van der Waals surface area contributed by atoms with Gasteiger partial charge in [0.1, 0.15) is 5.82 Å². The minimum atomic E-state index is -0.463. The molecule has 3 rings (SSSR count). The van der Waals surface area contributed by atoms with E-state index in [4.69, 9.17) is 9.47 Å². The van der Waals surface area contributed by atoms with E-state index in [1.807, 2.05) is 6.92 Å². The molecule has 0 saturated heterocycles. The van der Waals surface area contributed by atoms with E-state index in [2.05, 4.69) is 0 Å². The Bertz CT molecular complexity index is 515. The van der Waals surface area contributed by atoms with Crippen LogP contribution in [0.25, 0.3) is 0 Å². The molecule has 1 fully saturated rings. The van der Waals surface area contributed by atoms with Gasteiger partial charge >= 0.3 is 0 Å². The predicted molar refractivity (Wildman–Crippen MR) is 71.9 cm³/mol. The van der Waals surface area contributed by atoms with Crippen LogP contribution in [0.1, 0.15) is 31.7 Å². The van der Waals surface area contributed by atoms with Crippen LogP contribution in [-0.2, 0) is 10.2 Å². The van der Waals surface area contributed by atoms with Crippen molar-refractivity contribution in [1.82, 2.24) is 0 Å². The molecule has 0 N–H and O–H groups in total. The zero-order valence-electron chi connectivity index (χ0n) is 11.9. The number of hydrogen-bond acceptors (Lipinski definition) is 2. The molecular formula is C16H20F2O2. The Kier molecular flexibility index (Phi) is 3.44. The van der Waals surface area contributed by atoms with Crippen LogP contribution < -0.4 is 4.74 Å².